The molecule has 2 aromatic rings. The van der Waals surface area contributed by atoms with Gasteiger partial charge >= 0.3 is 0 Å². The summed E-state index contributed by atoms with van der Waals surface area (Å²) in [5, 5.41) is 0.644. The second-order valence-corrected chi connectivity index (χ2v) is 7.83. The average molecular weight is 433 g/mol. The van der Waals surface area contributed by atoms with E-state index in [0.717, 1.165) is 42.2 Å². The number of hydrogen-bond donors (Lipinski definition) is 0. The van der Waals surface area contributed by atoms with E-state index in [9.17, 15) is 4.79 Å². The Morgan fingerprint density at radius 3 is 2.73 bits per heavy atom. The van der Waals surface area contributed by atoms with E-state index in [2.05, 4.69) is 0 Å². The summed E-state index contributed by atoms with van der Waals surface area (Å²) >= 11 is 5.97. The molecule has 0 saturated carbocycles. The van der Waals surface area contributed by atoms with Gasteiger partial charge in [-0.2, -0.15) is 0 Å². The van der Waals surface area contributed by atoms with Crippen LogP contribution in [0.3, 0.4) is 0 Å². The van der Waals surface area contributed by atoms with E-state index in [1.807, 2.05) is 53.2 Å². The standard InChI is InChI=1S/C23H29ClN2O4/c1-25(12-13-30-19-7-4-6-17(24)14-19)16-23(27)26-11-5-8-21(26)20-10-9-18(28-2)15-22(20)29-3/h4,6-7,9-10,14-15,21H,5,8,11-13,16H2,1-3H3. The van der Waals surface area contributed by atoms with Crippen LogP contribution in [-0.2, 0) is 4.79 Å². The first-order chi connectivity index (χ1) is 14.5. The van der Waals surface area contributed by atoms with Gasteiger partial charge in [0.2, 0.25) is 5.91 Å². The number of nitrogens with zero attached hydrogens (tertiary/aromatic N) is 2. The molecule has 0 aliphatic carbocycles. The average Bonchev–Trinajstić information content (AvgIpc) is 3.23. The topological polar surface area (TPSA) is 51.2 Å². The lowest BCUT2D eigenvalue weighted by Crippen LogP contribution is -2.39. The third-order valence-electron chi connectivity index (χ3n) is 5.32. The number of halogens is 1. The second-order valence-electron chi connectivity index (χ2n) is 7.40. The third kappa shape index (κ3) is 5.58. The quantitative estimate of drug-likeness (QED) is 0.598. The number of likely N-dealkylation sites (N-methyl/N-ethyl adjacent to an activating group) is 1. The predicted octanol–water partition coefficient (Wildman–Crippen LogP) is 4.03. The molecule has 1 amide bonds. The Labute approximate surface area is 183 Å². The zero-order chi connectivity index (χ0) is 21.5. The maximum absolute atomic E-state index is 13.0. The molecule has 162 valence electrons. The van der Waals surface area contributed by atoms with Crippen molar-refractivity contribution in [1.29, 1.82) is 0 Å². The summed E-state index contributed by atoms with van der Waals surface area (Å²) in [7, 11) is 5.21. The Morgan fingerprint density at radius 2 is 2.00 bits per heavy atom. The lowest BCUT2D eigenvalue weighted by atomic mass is 10.0. The van der Waals surface area contributed by atoms with Crippen LogP contribution in [0.4, 0.5) is 0 Å². The number of carbonyl (C=O) groups is 1. The molecule has 1 atom stereocenters. The summed E-state index contributed by atoms with van der Waals surface area (Å²) in [6.07, 6.45) is 1.91. The summed E-state index contributed by atoms with van der Waals surface area (Å²) in [5.41, 5.74) is 1.02. The van der Waals surface area contributed by atoms with Gasteiger partial charge in [0.05, 0.1) is 26.8 Å². The minimum Gasteiger partial charge on any atom is -0.497 e. The first-order valence-electron chi connectivity index (χ1n) is 10.1. The minimum atomic E-state index is 0.0227. The van der Waals surface area contributed by atoms with Crippen molar-refractivity contribution in [3.8, 4) is 17.2 Å². The Bertz CT molecular complexity index is 861. The van der Waals surface area contributed by atoms with Crippen LogP contribution >= 0.6 is 11.6 Å². The molecule has 1 saturated heterocycles. The van der Waals surface area contributed by atoms with E-state index in [1.165, 1.54) is 0 Å². The molecule has 1 heterocycles. The number of hydrogen-bond acceptors (Lipinski definition) is 5. The fourth-order valence-electron chi connectivity index (χ4n) is 3.76. The van der Waals surface area contributed by atoms with E-state index < -0.39 is 0 Å². The van der Waals surface area contributed by atoms with Crippen LogP contribution in [0.15, 0.2) is 42.5 Å². The molecule has 0 radical (unpaired) electrons. The summed E-state index contributed by atoms with van der Waals surface area (Å²) in [6.45, 7) is 2.22. The molecular formula is C23H29ClN2O4. The van der Waals surface area contributed by atoms with Crippen molar-refractivity contribution in [3.63, 3.8) is 0 Å². The van der Waals surface area contributed by atoms with Gasteiger partial charge in [-0.05, 0) is 50.2 Å². The normalized spacial score (nSPS) is 16.0. The summed E-state index contributed by atoms with van der Waals surface area (Å²) < 4.78 is 16.6. The van der Waals surface area contributed by atoms with Crippen molar-refractivity contribution in [3.05, 3.63) is 53.1 Å². The summed E-state index contributed by atoms with van der Waals surface area (Å²) in [5.74, 6) is 2.34. The Balaban J connectivity index is 1.56. The van der Waals surface area contributed by atoms with Gasteiger partial charge in [-0.1, -0.05) is 17.7 Å². The molecule has 30 heavy (non-hydrogen) atoms. The lowest BCUT2D eigenvalue weighted by molar-refractivity contribution is -0.133. The maximum Gasteiger partial charge on any atom is 0.237 e. The zero-order valence-corrected chi connectivity index (χ0v) is 18.5. The van der Waals surface area contributed by atoms with Crippen LogP contribution in [0.1, 0.15) is 24.4 Å². The highest BCUT2D eigenvalue weighted by molar-refractivity contribution is 6.30. The highest BCUT2D eigenvalue weighted by Gasteiger charge is 2.32. The molecule has 0 spiro atoms. The molecule has 0 bridgehead atoms. The summed E-state index contributed by atoms with van der Waals surface area (Å²) in [6, 6.07) is 13.1. The van der Waals surface area contributed by atoms with Crippen LogP contribution < -0.4 is 14.2 Å². The number of ether oxygens (including phenoxy) is 3. The SMILES string of the molecule is COc1ccc(C2CCCN2C(=O)CN(C)CCOc2cccc(Cl)c2)c(OC)c1. The summed E-state index contributed by atoms with van der Waals surface area (Å²) in [4.78, 5) is 16.9. The van der Waals surface area contributed by atoms with Gasteiger partial charge in [0.25, 0.3) is 0 Å². The molecular weight excluding hydrogens is 404 g/mol. The highest BCUT2D eigenvalue weighted by atomic mass is 35.5. The molecule has 1 aliphatic heterocycles. The number of carbonyl (C=O) groups excluding carboxylic acids is 1. The number of methoxy groups -OCH3 is 2. The highest BCUT2D eigenvalue weighted by Crippen LogP contribution is 2.38. The van der Waals surface area contributed by atoms with Crippen molar-refractivity contribution < 1.29 is 19.0 Å². The van der Waals surface area contributed by atoms with Crippen LogP contribution in [0.5, 0.6) is 17.2 Å². The van der Waals surface area contributed by atoms with Crippen LogP contribution in [0.2, 0.25) is 5.02 Å². The van der Waals surface area contributed by atoms with Crippen LogP contribution in [-0.4, -0.2) is 63.2 Å². The smallest absolute Gasteiger partial charge is 0.237 e. The first-order valence-corrected chi connectivity index (χ1v) is 10.5. The van der Waals surface area contributed by atoms with Gasteiger partial charge in [-0.25, -0.2) is 0 Å². The fraction of sp³-hybridized carbons (Fsp3) is 0.435. The van der Waals surface area contributed by atoms with Crippen LogP contribution in [0.25, 0.3) is 0 Å². The van der Waals surface area contributed by atoms with Gasteiger partial charge in [0, 0.05) is 29.7 Å². The lowest BCUT2D eigenvalue weighted by Gasteiger charge is -2.28. The zero-order valence-electron chi connectivity index (χ0n) is 17.8. The number of amides is 1. The van der Waals surface area contributed by atoms with E-state index in [1.54, 1.807) is 20.3 Å². The third-order valence-corrected chi connectivity index (χ3v) is 5.55. The van der Waals surface area contributed by atoms with E-state index in [4.69, 9.17) is 25.8 Å². The van der Waals surface area contributed by atoms with Crippen molar-refractivity contribution in [2.75, 3.05) is 47.5 Å². The Morgan fingerprint density at radius 1 is 1.17 bits per heavy atom. The van der Waals surface area contributed by atoms with Gasteiger partial charge in [0.1, 0.15) is 23.9 Å². The molecule has 1 aliphatic rings. The predicted molar refractivity (Wildman–Crippen MR) is 118 cm³/mol. The molecule has 6 nitrogen and oxygen atoms in total. The fourth-order valence-corrected chi connectivity index (χ4v) is 3.94. The van der Waals surface area contributed by atoms with E-state index in [0.29, 0.717) is 24.7 Å². The number of benzene rings is 2. The number of rotatable bonds is 9. The van der Waals surface area contributed by atoms with Gasteiger partial charge < -0.3 is 19.1 Å². The van der Waals surface area contributed by atoms with Crippen LogP contribution in [0, 0.1) is 0 Å². The largest absolute Gasteiger partial charge is 0.497 e. The minimum absolute atomic E-state index is 0.0227. The maximum atomic E-state index is 13.0. The van der Waals surface area contributed by atoms with Crippen molar-refractivity contribution in [2.24, 2.45) is 0 Å². The molecule has 1 unspecified atom stereocenters. The van der Waals surface area contributed by atoms with Gasteiger partial charge in [0.15, 0.2) is 0 Å². The molecule has 1 fully saturated rings. The van der Waals surface area contributed by atoms with E-state index in [-0.39, 0.29) is 11.9 Å². The molecule has 3 rings (SSSR count). The molecule has 2 aromatic carbocycles. The first kappa shape index (κ1) is 22.2. The van der Waals surface area contributed by atoms with Crippen molar-refractivity contribution >= 4 is 17.5 Å². The monoisotopic (exact) mass is 432 g/mol. The molecule has 7 heteroatoms. The van der Waals surface area contributed by atoms with Crippen molar-refractivity contribution in [1.82, 2.24) is 9.80 Å². The number of likely N-dealkylation sites (tertiary alicyclic amines) is 1. The van der Waals surface area contributed by atoms with Gasteiger partial charge in [-0.15, -0.1) is 0 Å². The van der Waals surface area contributed by atoms with Gasteiger partial charge in [-0.3, -0.25) is 9.69 Å². The Kier molecular flexibility index (Phi) is 7.82. The molecule has 0 aromatic heterocycles. The molecule has 0 N–H and O–H groups in total. The van der Waals surface area contributed by atoms with Crippen molar-refractivity contribution in [2.45, 2.75) is 18.9 Å². The Hall–Kier alpha value is -2.44. The van der Waals surface area contributed by atoms with E-state index >= 15 is 0 Å². The second kappa shape index (κ2) is 10.5.